The number of amides is 1. The third kappa shape index (κ3) is 4.02. The maximum Gasteiger partial charge on any atom is 0.259 e. The van der Waals surface area contributed by atoms with Crippen LogP contribution >= 0.6 is 11.6 Å². The predicted octanol–water partition coefficient (Wildman–Crippen LogP) is 5.72. The van der Waals surface area contributed by atoms with Crippen molar-refractivity contribution in [2.45, 2.75) is 0 Å². The lowest BCUT2D eigenvalue weighted by Gasteiger charge is -2.09. The minimum absolute atomic E-state index is 0.203. The van der Waals surface area contributed by atoms with Gasteiger partial charge in [0.1, 0.15) is 17.5 Å². The fraction of sp³-hybridized carbons (Fsp3) is 0. The highest BCUT2D eigenvalue weighted by Gasteiger charge is 2.18. The first-order valence-corrected chi connectivity index (χ1v) is 9.07. The van der Waals surface area contributed by atoms with Gasteiger partial charge < -0.3 is 5.32 Å². The van der Waals surface area contributed by atoms with Gasteiger partial charge in [-0.15, -0.1) is 0 Å². The van der Waals surface area contributed by atoms with Gasteiger partial charge in [0, 0.05) is 16.7 Å². The number of hydrogen-bond acceptors (Lipinski definition) is 2. The smallest absolute Gasteiger partial charge is 0.259 e. The van der Waals surface area contributed by atoms with E-state index < -0.39 is 17.5 Å². The molecule has 0 saturated carbocycles. The van der Waals surface area contributed by atoms with E-state index in [4.69, 9.17) is 11.6 Å². The summed E-state index contributed by atoms with van der Waals surface area (Å²) in [7, 11) is 0. The van der Waals surface area contributed by atoms with Gasteiger partial charge >= 0.3 is 0 Å². The van der Waals surface area contributed by atoms with E-state index in [1.54, 1.807) is 12.1 Å². The largest absolute Gasteiger partial charge is 0.306 e. The first-order chi connectivity index (χ1) is 14.0. The van der Waals surface area contributed by atoms with Gasteiger partial charge in [-0.1, -0.05) is 48.0 Å². The first-order valence-electron chi connectivity index (χ1n) is 8.69. The number of carbonyl (C=O) groups excluding carboxylic acids is 1. The van der Waals surface area contributed by atoms with Crippen molar-refractivity contribution in [3.05, 3.63) is 101 Å². The second-order valence-electron chi connectivity index (χ2n) is 6.25. The number of nitrogens with one attached hydrogen (secondary N) is 1. The van der Waals surface area contributed by atoms with Crippen LogP contribution in [0.15, 0.2) is 78.9 Å². The average molecular weight is 410 g/mol. The van der Waals surface area contributed by atoms with Gasteiger partial charge in [-0.25, -0.2) is 13.5 Å². The molecule has 144 valence electrons. The number of nitrogens with zero attached hydrogens (tertiary/aromatic N) is 2. The van der Waals surface area contributed by atoms with E-state index in [9.17, 15) is 13.6 Å². The van der Waals surface area contributed by atoms with Gasteiger partial charge in [-0.05, 0) is 36.4 Å². The quantitative estimate of drug-likeness (QED) is 0.468. The summed E-state index contributed by atoms with van der Waals surface area (Å²) in [5.41, 5.74) is 1.59. The molecule has 0 atom stereocenters. The van der Waals surface area contributed by atoms with Crippen molar-refractivity contribution in [3.63, 3.8) is 0 Å². The molecule has 0 unspecified atom stereocenters. The van der Waals surface area contributed by atoms with Crippen LogP contribution in [0.4, 0.5) is 14.6 Å². The van der Waals surface area contributed by atoms with Gasteiger partial charge in [0.05, 0.1) is 16.9 Å². The highest BCUT2D eigenvalue weighted by Crippen LogP contribution is 2.26. The monoisotopic (exact) mass is 409 g/mol. The highest BCUT2D eigenvalue weighted by molar-refractivity contribution is 6.31. The van der Waals surface area contributed by atoms with Crippen molar-refractivity contribution >= 4 is 23.3 Å². The standard InChI is InChI=1S/C22H14ClF2N3O/c23-15-9-10-19(25)18(11-15)22(29)26-21-13-20(14-5-2-1-3-6-14)27-28(21)17-8-4-7-16(24)12-17/h1-13H,(H,26,29). The molecule has 4 aromatic rings. The Balaban J connectivity index is 1.78. The second-order valence-corrected chi connectivity index (χ2v) is 6.69. The van der Waals surface area contributed by atoms with E-state index in [0.717, 1.165) is 11.6 Å². The summed E-state index contributed by atoms with van der Waals surface area (Å²) in [6.07, 6.45) is 0. The Morgan fingerprint density at radius 2 is 1.72 bits per heavy atom. The van der Waals surface area contributed by atoms with Crippen LogP contribution in [0.1, 0.15) is 10.4 Å². The lowest BCUT2D eigenvalue weighted by Crippen LogP contribution is -2.16. The number of carbonyl (C=O) groups is 1. The number of hydrogen-bond donors (Lipinski definition) is 1. The molecule has 1 aromatic heterocycles. The van der Waals surface area contributed by atoms with Crippen LogP contribution in [-0.4, -0.2) is 15.7 Å². The van der Waals surface area contributed by atoms with Gasteiger partial charge in [0.15, 0.2) is 0 Å². The molecule has 0 saturated heterocycles. The summed E-state index contributed by atoms with van der Waals surface area (Å²) < 4.78 is 29.2. The zero-order valence-corrected chi connectivity index (χ0v) is 15.7. The zero-order chi connectivity index (χ0) is 20.4. The van der Waals surface area contributed by atoms with Crippen LogP contribution in [0.25, 0.3) is 16.9 Å². The lowest BCUT2D eigenvalue weighted by atomic mass is 10.1. The molecular weight excluding hydrogens is 396 g/mol. The third-order valence-corrected chi connectivity index (χ3v) is 4.48. The van der Waals surface area contributed by atoms with Crippen molar-refractivity contribution in [2.75, 3.05) is 5.32 Å². The number of aromatic nitrogens is 2. The maximum atomic E-state index is 14.1. The number of benzene rings is 3. The zero-order valence-electron chi connectivity index (χ0n) is 14.9. The normalized spacial score (nSPS) is 10.7. The summed E-state index contributed by atoms with van der Waals surface area (Å²) >= 11 is 5.89. The molecule has 1 amide bonds. The molecule has 0 fully saturated rings. The molecule has 0 bridgehead atoms. The van der Waals surface area contributed by atoms with Crippen LogP contribution in [0, 0.1) is 11.6 Å². The number of anilines is 1. The molecule has 0 spiro atoms. The third-order valence-electron chi connectivity index (χ3n) is 4.25. The van der Waals surface area contributed by atoms with Crippen molar-refractivity contribution in [1.82, 2.24) is 9.78 Å². The van der Waals surface area contributed by atoms with Crippen molar-refractivity contribution in [1.29, 1.82) is 0 Å². The molecule has 4 rings (SSSR count). The van der Waals surface area contributed by atoms with Gasteiger partial charge in [-0.2, -0.15) is 5.10 Å². The summed E-state index contributed by atoms with van der Waals surface area (Å²) in [4.78, 5) is 12.7. The Morgan fingerprint density at radius 1 is 0.931 bits per heavy atom. The van der Waals surface area contributed by atoms with E-state index >= 15 is 0 Å². The maximum absolute atomic E-state index is 14.1. The van der Waals surface area contributed by atoms with Gasteiger partial charge in [0.2, 0.25) is 0 Å². The Bertz CT molecular complexity index is 1190. The van der Waals surface area contributed by atoms with Gasteiger partial charge in [0.25, 0.3) is 5.91 Å². The van der Waals surface area contributed by atoms with E-state index in [1.165, 1.54) is 35.0 Å². The average Bonchev–Trinajstić information content (AvgIpc) is 3.14. The Hall–Kier alpha value is -3.51. The minimum Gasteiger partial charge on any atom is -0.306 e. The van der Waals surface area contributed by atoms with Crippen molar-refractivity contribution in [2.24, 2.45) is 0 Å². The number of rotatable bonds is 4. The molecule has 1 N–H and O–H groups in total. The van der Waals surface area contributed by atoms with Crippen LogP contribution in [0.2, 0.25) is 5.02 Å². The van der Waals surface area contributed by atoms with E-state index in [2.05, 4.69) is 10.4 Å². The highest BCUT2D eigenvalue weighted by atomic mass is 35.5. The Labute approximate surface area is 170 Å². The molecule has 0 aliphatic carbocycles. The summed E-state index contributed by atoms with van der Waals surface area (Å²) in [6, 6.07) is 20.5. The molecule has 1 heterocycles. The molecule has 3 aromatic carbocycles. The molecule has 29 heavy (non-hydrogen) atoms. The molecule has 0 aliphatic heterocycles. The predicted molar refractivity (Wildman–Crippen MR) is 108 cm³/mol. The Kier molecular flexibility index (Phi) is 5.10. The summed E-state index contributed by atoms with van der Waals surface area (Å²) in [5.74, 6) is -1.58. The van der Waals surface area contributed by atoms with Crippen LogP contribution in [-0.2, 0) is 0 Å². The second kappa shape index (κ2) is 7.85. The lowest BCUT2D eigenvalue weighted by molar-refractivity contribution is 0.102. The van der Waals surface area contributed by atoms with Crippen molar-refractivity contribution < 1.29 is 13.6 Å². The molecule has 4 nitrogen and oxygen atoms in total. The minimum atomic E-state index is -0.702. The van der Waals surface area contributed by atoms with Crippen LogP contribution in [0.5, 0.6) is 0 Å². The van der Waals surface area contributed by atoms with Crippen molar-refractivity contribution in [3.8, 4) is 16.9 Å². The first kappa shape index (κ1) is 18.8. The van der Waals surface area contributed by atoms with Gasteiger partial charge in [-0.3, -0.25) is 4.79 Å². The van der Waals surface area contributed by atoms with Crippen LogP contribution < -0.4 is 5.32 Å². The van der Waals surface area contributed by atoms with E-state index in [0.29, 0.717) is 11.4 Å². The molecular formula is C22H14ClF2N3O. The summed E-state index contributed by atoms with van der Waals surface area (Å²) in [6.45, 7) is 0. The fourth-order valence-electron chi connectivity index (χ4n) is 2.88. The topological polar surface area (TPSA) is 46.9 Å². The number of halogens is 3. The Morgan fingerprint density at radius 3 is 2.48 bits per heavy atom. The molecule has 7 heteroatoms. The molecule has 0 aliphatic rings. The molecule has 0 radical (unpaired) electrons. The van der Waals surface area contributed by atoms with Crippen LogP contribution in [0.3, 0.4) is 0 Å². The SMILES string of the molecule is O=C(Nc1cc(-c2ccccc2)nn1-c1cccc(F)c1)c1cc(Cl)ccc1F. The summed E-state index contributed by atoms with van der Waals surface area (Å²) in [5, 5.41) is 7.37. The fourth-order valence-corrected chi connectivity index (χ4v) is 3.05. The van der Waals surface area contributed by atoms with E-state index in [1.807, 2.05) is 30.3 Å². The van der Waals surface area contributed by atoms with E-state index in [-0.39, 0.29) is 16.4 Å².